The SMILES string of the molecule is CC(N[C@H]1CCNC1)C(=O)OC(C)(C)C.Cl. The minimum absolute atomic E-state index is 0. The summed E-state index contributed by atoms with van der Waals surface area (Å²) in [7, 11) is 0. The van der Waals surface area contributed by atoms with Crippen molar-refractivity contribution < 1.29 is 9.53 Å². The van der Waals surface area contributed by atoms with Crippen LogP contribution in [0.4, 0.5) is 0 Å². The van der Waals surface area contributed by atoms with Crippen LogP contribution in [0.3, 0.4) is 0 Å². The number of ether oxygens (including phenoxy) is 1. The van der Waals surface area contributed by atoms with E-state index in [0.717, 1.165) is 19.5 Å². The first-order valence-electron chi connectivity index (χ1n) is 5.58. The Morgan fingerprint density at radius 3 is 2.56 bits per heavy atom. The van der Waals surface area contributed by atoms with Gasteiger partial charge in [-0.05, 0) is 40.7 Å². The van der Waals surface area contributed by atoms with Gasteiger partial charge in [-0.1, -0.05) is 0 Å². The summed E-state index contributed by atoms with van der Waals surface area (Å²) < 4.78 is 5.29. The average Bonchev–Trinajstić information content (AvgIpc) is 2.53. The summed E-state index contributed by atoms with van der Waals surface area (Å²) in [6.45, 7) is 9.47. The lowest BCUT2D eigenvalue weighted by Gasteiger charge is -2.24. The molecule has 96 valence electrons. The second-order valence-electron chi connectivity index (χ2n) is 5.11. The van der Waals surface area contributed by atoms with E-state index in [2.05, 4.69) is 10.6 Å². The summed E-state index contributed by atoms with van der Waals surface area (Å²) in [5.41, 5.74) is -0.402. The van der Waals surface area contributed by atoms with Gasteiger partial charge in [0.2, 0.25) is 0 Å². The third kappa shape index (κ3) is 5.68. The molecule has 0 aromatic rings. The molecule has 4 nitrogen and oxygen atoms in total. The highest BCUT2D eigenvalue weighted by molar-refractivity contribution is 5.85. The Balaban J connectivity index is 0.00000225. The maximum atomic E-state index is 11.6. The molecule has 0 spiro atoms. The van der Waals surface area contributed by atoms with Crippen molar-refractivity contribution in [3.05, 3.63) is 0 Å². The molecule has 2 atom stereocenters. The molecule has 2 N–H and O–H groups in total. The number of carbonyl (C=O) groups is 1. The molecule has 1 unspecified atom stereocenters. The van der Waals surface area contributed by atoms with Crippen LogP contribution >= 0.6 is 12.4 Å². The zero-order chi connectivity index (χ0) is 11.5. The normalized spacial score (nSPS) is 22.4. The van der Waals surface area contributed by atoms with E-state index >= 15 is 0 Å². The third-order valence-corrected chi connectivity index (χ3v) is 2.31. The first kappa shape index (κ1) is 15.7. The summed E-state index contributed by atoms with van der Waals surface area (Å²) in [5, 5.41) is 6.51. The Labute approximate surface area is 104 Å². The zero-order valence-electron chi connectivity index (χ0n) is 10.5. The predicted octanol–water partition coefficient (Wildman–Crippen LogP) is 1.09. The molecule has 0 aromatic carbocycles. The van der Waals surface area contributed by atoms with Gasteiger partial charge in [-0.2, -0.15) is 0 Å². The van der Waals surface area contributed by atoms with Crippen LogP contribution in [0.15, 0.2) is 0 Å². The molecule has 0 aromatic heterocycles. The first-order valence-corrected chi connectivity index (χ1v) is 5.58. The topological polar surface area (TPSA) is 50.4 Å². The molecule has 16 heavy (non-hydrogen) atoms. The molecule has 1 aliphatic rings. The number of carbonyl (C=O) groups excluding carboxylic acids is 1. The fraction of sp³-hybridized carbons (Fsp3) is 0.909. The summed E-state index contributed by atoms with van der Waals surface area (Å²) in [6, 6.07) is 0.168. The maximum absolute atomic E-state index is 11.6. The van der Waals surface area contributed by atoms with Gasteiger partial charge in [-0.25, -0.2) is 0 Å². The van der Waals surface area contributed by atoms with Crippen molar-refractivity contribution in [1.82, 2.24) is 10.6 Å². The Hall–Kier alpha value is -0.320. The molecule has 0 amide bonds. The molecule has 1 heterocycles. The molecule has 0 radical (unpaired) electrons. The molecule has 0 bridgehead atoms. The van der Waals surface area contributed by atoms with Gasteiger partial charge < -0.3 is 15.4 Å². The van der Waals surface area contributed by atoms with Crippen LogP contribution in [0.25, 0.3) is 0 Å². The monoisotopic (exact) mass is 250 g/mol. The highest BCUT2D eigenvalue weighted by Crippen LogP contribution is 2.09. The van der Waals surface area contributed by atoms with Crippen molar-refractivity contribution in [1.29, 1.82) is 0 Å². The van der Waals surface area contributed by atoms with Gasteiger partial charge in [0.05, 0.1) is 0 Å². The molecule has 0 saturated carbocycles. The summed E-state index contributed by atoms with van der Waals surface area (Å²) in [5.74, 6) is -0.172. The van der Waals surface area contributed by atoms with Crippen LogP contribution in [0.2, 0.25) is 0 Å². The summed E-state index contributed by atoms with van der Waals surface area (Å²) in [6.07, 6.45) is 1.08. The third-order valence-electron chi connectivity index (χ3n) is 2.31. The number of hydrogen-bond donors (Lipinski definition) is 2. The van der Waals surface area contributed by atoms with E-state index in [1.54, 1.807) is 0 Å². The number of esters is 1. The lowest BCUT2D eigenvalue weighted by atomic mass is 10.2. The maximum Gasteiger partial charge on any atom is 0.323 e. The molecule has 1 rings (SSSR count). The van der Waals surface area contributed by atoms with Crippen molar-refractivity contribution in [3.63, 3.8) is 0 Å². The number of rotatable bonds is 3. The quantitative estimate of drug-likeness (QED) is 0.737. The standard InChI is InChI=1S/C11H22N2O2.ClH/c1-8(10(14)15-11(2,3)4)13-9-5-6-12-7-9;/h8-9,12-13H,5-7H2,1-4H3;1H/t8?,9-;/m0./s1. The van der Waals surface area contributed by atoms with E-state index in [-0.39, 0.29) is 24.4 Å². The molecule has 0 aliphatic carbocycles. The molecule has 5 heteroatoms. The first-order chi connectivity index (χ1) is 6.88. The van der Waals surface area contributed by atoms with Gasteiger partial charge in [0.15, 0.2) is 0 Å². The van der Waals surface area contributed by atoms with Gasteiger partial charge in [0.1, 0.15) is 11.6 Å². The van der Waals surface area contributed by atoms with E-state index in [9.17, 15) is 4.79 Å². The second kappa shape index (κ2) is 6.42. The smallest absolute Gasteiger partial charge is 0.323 e. The van der Waals surface area contributed by atoms with Crippen molar-refractivity contribution >= 4 is 18.4 Å². The Morgan fingerprint density at radius 1 is 1.50 bits per heavy atom. The van der Waals surface area contributed by atoms with E-state index in [4.69, 9.17) is 4.74 Å². The minimum atomic E-state index is -0.402. The fourth-order valence-electron chi connectivity index (χ4n) is 1.61. The number of nitrogens with one attached hydrogen (secondary N) is 2. The van der Waals surface area contributed by atoms with Crippen LogP contribution in [0.1, 0.15) is 34.1 Å². The summed E-state index contributed by atoms with van der Waals surface area (Å²) >= 11 is 0. The van der Waals surface area contributed by atoms with Crippen molar-refractivity contribution in [2.45, 2.75) is 51.8 Å². The highest BCUT2D eigenvalue weighted by atomic mass is 35.5. The molecule has 1 saturated heterocycles. The highest BCUT2D eigenvalue weighted by Gasteiger charge is 2.24. The van der Waals surface area contributed by atoms with Gasteiger partial charge in [0.25, 0.3) is 0 Å². The van der Waals surface area contributed by atoms with Crippen LogP contribution < -0.4 is 10.6 Å². The predicted molar refractivity (Wildman–Crippen MR) is 67.0 cm³/mol. The van der Waals surface area contributed by atoms with Crippen LogP contribution in [-0.2, 0) is 9.53 Å². The zero-order valence-corrected chi connectivity index (χ0v) is 11.3. The van der Waals surface area contributed by atoms with E-state index in [1.165, 1.54) is 0 Å². The van der Waals surface area contributed by atoms with Gasteiger partial charge in [-0.3, -0.25) is 4.79 Å². The molecular weight excluding hydrogens is 228 g/mol. The lowest BCUT2D eigenvalue weighted by Crippen LogP contribution is -2.45. The van der Waals surface area contributed by atoms with Crippen molar-refractivity contribution in [2.75, 3.05) is 13.1 Å². The van der Waals surface area contributed by atoms with Crippen molar-refractivity contribution in [2.24, 2.45) is 0 Å². The average molecular weight is 251 g/mol. The second-order valence-corrected chi connectivity index (χ2v) is 5.11. The van der Waals surface area contributed by atoms with E-state index in [1.807, 2.05) is 27.7 Å². The van der Waals surface area contributed by atoms with E-state index in [0.29, 0.717) is 6.04 Å². The minimum Gasteiger partial charge on any atom is -0.459 e. The largest absolute Gasteiger partial charge is 0.459 e. The molecular formula is C11H23ClN2O2. The van der Waals surface area contributed by atoms with Crippen molar-refractivity contribution in [3.8, 4) is 0 Å². The van der Waals surface area contributed by atoms with Crippen LogP contribution in [0.5, 0.6) is 0 Å². The van der Waals surface area contributed by atoms with Crippen LogP contribution in [-0.4, -0.2) is 36.7 Å². The van der Waals surface area contributed by atoms with E-state index < -0.39 is 5.60 Å². The van der Waals surface area contributed by atoms with Gasteiger partial charge >= 0.3 is 5.97 Å². The van der Waals surface area contributed by atoms with Gasteiger partial charge in [-0.15, -0.1) is 12.4 Å². The number of halogens is 1. The Kier molecular flexibility index (Phi) is 6.30. The lowest BCUT2D eigenvalue weighted by molar-refractivity contribution is -0.157. The Bertz CT molecular complexity index is 223. The fourth-order valence-corrected chi connectivity index (χ4v) is 1.61. The Morgan fingerprint density at radius 2 is 2.12 bits per heavy atom. The number of hydrogen-bond acceptors (Lipinski definition) is 4. The van der Waals surface area contributed by atoms with Crippen LogP contribution in [0, 0.1) is 0 Å². The molecule has 1 aliphatic heterocycles. The summed E-state index contributed by atoms with van der Waals surface area (Å²) in [4.78, 5) is 11.6. The molecule has 1 fully saturated rings. The van der Waals surface area contributed by atoms with Gasteiger partial charge in [0, 0.05) is 12.6 Å².